The van der Waals surface area contributed by atoms with Crippen LogP contribution in [-0.2, 0) is 0 Å². The summed E-state index contributed by atoms with van der Waals surface area (Å²) in [5.41, 5.74) is 19.8. The largest absolute Gasteiger partial charge is 0.309 e. The topological polar surface area (TPSA) is 31.6 Å². The number of aromatic nitrogens is 5. The summed E-state index contributed by atoms with van der Waals surface area (Å²) in [6, 6.07) is 92.3. The summed E-state index contributed by atoms with van der Waals surface area (Å²) in [5.74, 6) is 0. The average molecular weight is 988 g/mol. The smallest absolute Gasteiger partial charge is 0.146 e. The molecule has 0 bridgehead atoms. The van der Waals surface area contributed by atoms with E-state index in [1.807, 2.05) is 0 Å². The molecule has 0 fully saturated rings. The average Bonchev–Trinajstić information content (AvgIpc) is 4.50. The van der Waals surface area contributed by atoms with Crippen LogP contribution >= 0.6 is 0 Å². The number of rotatable bonds is 4. The molecule has 5 nitrogen and oxygen atoms in total. The quantitative estimate of drug-likeness (QED) is 0.173. The Morgan fingerprint density at radius 2 is 0.782 bits per heavy atom. The first-order chi connectivity index (χ1) is 38.7. The molecule has 0 saturated carbocycles. The molecule has 0 amide bonds. The van der Waals surface area contributed by atoms with Crippen molar-refractivity contribution in [1.82, 2.24) is 22.9 Å². The lowest BCUT2D eigenvalue weighted by Gasteiger charge is -2.13. The molecule has 78 heavy (non-hydrogen) atoms. The van der Waals surface area contributed by atoms with Crippen molar-refractivity contribution in [3.63, 3.8) is 0 Å². The number of pyridine rings is 1. The van der Waals surface area contributed by atoms with Crippen LogP contribution in [0.5, 0.6) is 0 Å². The first-order valence-electron chi connectivity index (χ1n) is 27.0. The Morgan fingerprint density at radius 1 is 0.269 bits per heavy atom. The first-order valence-corrected chi connectivity index (χ1v) is 27.0. The van der Waals surface area contributed by atoms with E-state index >= 15 is 0 Å². The lowest BCUT2D eigenvalue weighted by molar-refractivity contribution is 1.18. The third-order valence-corrected chi connectivity index (χ3v) is 17.5. The summed E-state index contributed by atoms with van der Waals surface area (Å²) in [7, 11) is 0. The summed E-state index contributed by atoms with van der Waals surface area (Å²) >= 11 is 0. The fraction of sp³-hybridized carbons (Fsp3) is 0. The van der Waals surface area contributed by atoms with Crippen LogP contribution in [0.25, 0.3) is 175 Å². The second kappa shape index (κ2) is 14.7. The van der Waals surface area contributed by atoms with Crippen molar-refractivity contribution in [2.75, 3.05) is 0 Å². The Kier molecular flexibility index (Phi) is 7.68. The highest BCUT2D eigenvalue weighted by Gasteiger charge is 2.28. The lowest BCUT2D eigenvalue weighted by Crippen LogP contribution is -1.93. The molecular formula is C73H41N5. The van der Waals surface area contributed by atoms with Gasteiger partial charge in [-0.3, -0.25) is 4.40 Å². The maximum absolute atomic E-state index is 5.99. The monoisotopic (exact) mass is 987 g/mol. The SMILES string of the molecule is c1ccc(-n2c3ccccc3c3cc(-c4c5ccccc5cc5c6cccc7c8nc9c(cc8n(c45)c67)c4c5ccccc5cc5c6cccc(-c7ccc8c(c7)c7ccccc7n8-c7ccccc7)c6n9c54)ccc32)cc1. The van der Waals surface area contributed by atoms with Crippen molar-refractivity contribution in [3.05, 3.63) is 249 Å². The molecule has 0 spiro atoms. The van der Waals surface area contributed by atoms with Crippen molar-refractivity contribution in [3.8, 4) is 33.6 Å². The van der Waals surface area contributed by atoms with Crippen molar-refractivity contribution in [2.45, 2.75) is 0 Å². The van der Waals surface area contributed by atoms with E-state index in [-0.39, 0.29) is 0 Å². The van der Waals surface area contributed by atoms with Crippen molar-refractivity contribution < 1.29 is 0 Å². The number of para-hydroxylation sites is 6. The Balaban J connectivity index is 0.930. The Bertz CT molecular complexity index is 5790. The van der Waals surface area contributed by atoms with Gasteiger partial charge in [0.15, 0.2) is 0 Å². The molecule has 19 rings (SSSR count). The van der Waals surface area contributed by atoms with Crippen LogP contribution in [0.3, 0.4) is 0 Å². The molecule has 0 aliphatic rings. The van der Waals surface area contributed by atoms with Crippen molar-refractivity contribution in [1.29, 1.82) is 0 Å². The van der Waals surface area contributed by atoms with Crippen molar-refractivity contribution >= 4 is 142 Å². The van der Waals surface area contributed by atoms with Gasteiger partial charge in [-0.15, -0.1) is 0 Å². The van der Waals surface area contributed by atoms with Gasteiger partial charge >= 0.3 is 0 Å². The van der Waals surface area contributed by atoms with Crippen LogP contribution < -0.4 is 0 Å². The van der Waals surface area contributed by atoms with Crippen LogP contribution in [0.2, 0.25) is 0 Å². The van der Waals surface area contributed by atoms with Gasteiger partial charge in [-0.2, -0.15) is 0 Å². The van der Waals surface area contributed by atoms with Gasteiger partial charge in [0.05, 0.1) is 55.2 Å². The Morgan fingerprint density at radius 3 is 1.47 bits per heavy atom. The van der Waals surface area contributed by atoms with Gasteiger partial charge in [-0.25, -0.2) is 4.98 Å². The second-order valence-corrected chi connectivity index (χ2v) is 21.4. The summed E-state index contributed by atoms with van der Waals surface area (Å²) in [6.45, 7) is 0. The molecule has 12 aromatic carbocycles. The van der Waals surface area contributed by atoms with E-state index in [1.54, 1.807) is 0 Å². The van der Waals surface area contributed by atoms with Crippen LogP contribution in [-0.4, -0.2) is 22.9 Å². The number of nitrogens with zero attached hydrogens (tertiary/aromatic N) is 5. The minimum absolute atomic E-state index is 0.979. The Labute approximate surface area is 444 Å². The third-order valence-electron chi connectivity index (χ3n) is 17.5. The van der Waals surface area contributed by atoms with E-state index in [0.29, 0.717) is 0 Å². The summed E-state index contributed by atoms with van der Waals surface area (Å²) in [5, 5.41) is 18.4. The summed E-state index contributed by atoms with van der Waals surface area (Å²) in [4.78, 5) is 5.99. The fourth-order valence-corrected chi connectivity index (χ4v) is 14.4. The van der Waals surface area contributed by atoms with Crippen LogP contribution in [0, 0.1) is 0 Å². The molecule has 19 aromatic rings. The van der Waals surface area contributed by atoms with Gasteiger partial charge in [0, 0.05) is 81.8 Å². The van der Waals surface area contributed by atoms with Crippen LogP contribution in [0.1, 0.15) is 0 Å². The van der Waals surface area contributed by atoms with E-state index in [1.165, 1.54) is 136 Å². The molecule has 0 aliphatic carbocycles. The molecular weight excluding hydrogens is 947 g/mol. The number of hydrogen-bond donors (Lipinski definition) is 0. The van der Waals surface area contributed by atoms with Crippen LogP contribution in [0.15, 0.2) is 249 Å². The molecule has 0 unspecified atom stereocenters. The minimum atomic E-state index is 0.979. The molecule has 0 N–H and O–H groups in total. The van der Waals surface area contributed by atoms with E-state index in [9.17, 15) is 0 Å². The normalized spacial score (nSPS) is 12.6. The lowest BCUT2D eigenvalue weighted by atomic mass is 9.93. The third kappa shape index (κ3) is 5.09. The second-order valence-electron chi connectivity index (χ2n) is 21.4. The van der Waals surface area contributed by atoms with Gasteiger partial charge in [-0.1, -0.05) is 170 Å². The van der Waals surface area contributed by atoms with Crippen LogP contribution in [0.4, 0.5) is 0 Å². The summed E-state index contributed by atoms with van der Waals surface area (Å²) < 4.78 is 9.89. The highest BCUT2D eigenvalue weighted by Crippen LogP contribution is 2.50. The van der Waals surface area contributed by atoms with E-state index in [2.05, 4.69) is 267 Å². The molecule has 7 heterocycles. The van der Waals surface area contributed by atoms with Gasteiger partial charge in [0.1, 0.15) is 5.65 Å². The molecule has 0 radical (unpaired) electrons. The summed E-state index contributed by atoms with van der Waals surface area (Å²) in [6.07, 6.45) is 0. The minimum Gasteiger partial charge on any atom is -0.309 e. The maximum Gasteiger partial charge on any atom is 0.146 e. The van der Waals surface area contributed by atoms with E-state index in [0.717, 1.165) is 38.8 Å². The zero-order valence-corrected chi connectivity index (χ0v) is 41.9. The number of benzene rings is 12. The standard InChI is InChI=1S/C73H41N5/c1-3-19-46(20-4-1)75-61-31-13-11-25-51(61)56-37-44(33-35-63(56)75)50-27-15-28-53-59-39-43-18-8-10-24-49(43)67-60-41-65-68(74-73(60)78(69(50)53)72(59)67)55-30-16-29-54-58-38-42-17-7-9-23-48(42)66(71(58)77(65)70(54)55)45-34-36-64-57(40-45)52-26-12-14-32-62(52)76(64)47-21-5-2-6-22-47/h1-41H. The molecule has 0 atom stereocenters. The zero-order chi connectivity index (χ0) is 50.5. The van der Waals surface area contributed by atoms with Gasteiger partial charge in [-0.05, 0) is 112 Å². The predicted molar refractivity (Wildman–Crippen MR) is 328 cm³/mol. The highest BCUT2D eigenvalue weighted by atomic mass is 15.0. The van der Waals surface area contributed by atoms with E-state index in [4.69, 9.17) is 4.98 Å². The molecule has 0 aliphatic heterocycles. The van der Waals surface area contributed by atoms with Gasteiger partial charge < -0.3 is 13.5 Å². The predicted octanol–water partition coefficient (Wildman–Crippen LogP) is 19.2. The zero-order valence-electron chi connectivity index (χ0n) is 41.9. The van der Waals surface area contributed by atoms with Gasteiger partial charge in [0.2, 0.25) is 0 Å². The first kappa shape index (κ1) is 40.8. The van der Waals surface area contributed by atoms with E-state index < -0.39 is 0 Å². The molecule has 358 valence electrons. The maximum atomic E-state index is 5.99. The molecule has 7 aromatic heterocycles. The van der Waals surface area contributed by atoms with Crippen molar-refractivity contribution in [2.24, 2.45) is 0 Å². The fourth-order valence-electron chi connectivity index (χ4n) is 14.4. The highest BCUT2D eigenvalue weighted by molar-refractivity contribution is 6.34. The molecule has 0 saturated heterocycles. The molecule has 5 heteroatoms. The number of hydrogen-bond acceptors (Lipinski definition) is 1. The number of fused-ring (bicyclic) bond motifs is 21. The van der Waals surface area contributed by atoms with Gasteiger partial charge in [0.25, 0.3) is 0 Å². The Hall–Kier alpha value is -10.5.